The topological polar surface area (TPSA) is 88.1 Å². The second kappa shape index (κ2) is 22.7. The summed E-state index contributed by atoms with van der Waals surface area (Å²) in [6, 6.07) is 17.1. The normalized spacial score (nSPS) is 11.5. The standard InChI is InChI=1S/C41H53ClO7/c1-4-6-8-10-11-12-13-14-15-17-29-46-38-28-23-34(30-37(38)42)41(45)49-36-26-21-33(22-27-36)40(44)48-35-24-19-32(20-25-35)39(43)47-31(3)18-16-9-7-5-2/h19-28,30-31H,4-18,29H2,1-3H3. The highest BCUT2D eigenvalue weighted by Crippen LogP contribution is 2.27. The minimum absolute atomic E-state index is 0.161. The highest BCUT2D eigenvalue weighted by Gasteiger charge is 2.15. The summed E-state index contributed by atoms with van der Waals surface area (Å²) in [7, 11) is 0. The number of hydrogen-bond donors (Lipinski definition) is 0. The van der Waals surface area contributed by atoms with Gasteiger partial charge in [-0.2, -0.15) is 0 Å². The average Bonchev–Trinajstić information content (AvgIpc) is 3.10. The van der Waals surface area contributed by atoms with E-state index in [9.17, 15) is 14.4 Å². The molecule has 0 bridgehead atoms. The molecule has 7 nitrogen and oxygen atoms in total. The van der Waals surface area contributed by atoms with Crippen LogP contribution < -0.4 is 14.2 Å². The van der Waals surface area contributed by atoms with E-state index in [0.29, 0.717) is 22.9 Å². The van der Waals surface area contributed by atoms with E-state index < -0.39 is 17.9 Å². The third kappa shape index (κ3) is 15.1. The van der Waals surface area contributed by atoms with Crippen LogP contribution in [0.2, 0.25) is 5.02 Å². The smallest absolute Gasteiger partial charge is 0.343 e. The summed E-state index contributed by atoms with van der Waals surface area (Å²) in [5.41, 5.74) is 0.944. The molecule has 0 spiro atoms. The van der Waals surface area contributed by atoms with E-state index >= 15 is 0 Å². The molecule has 0 amide bonds. The largest absolute Gasteiger partial charge is 0.492 e. The Bertz CT molecular complexity index is 1420. The zero-order valence-corrected chi connectivity index (χ0v) is 30.2. The van der Waals surface area contributed by atoms with Gasteiger partial charge in [-0.15, -0.1) is 0 Å². The fourth-order valence-electron chi connectivity index (χ4n) is 5.33. The molecule has 0 aliphatic heterocycles. The number of benzene rings is 3. The first-order valence-corrected chi connectivity index (χ1v) is 18.5. The Balaban J connectivity index is 1.39. The Morgan fingerprint density at radius 1 is 0.571 bits per heavy atom. The predicted octanol–water partition coefficient (Wildman–Crippen LogP) is 11.6. The maximum Gasteiger partial charge on any atom is 0.343 e. The predicted molar refractivity (Wildman–Crippen MR) is 195 cm³/mol. The van der Waals surface area contributed by atoms with Crippen molar-refractivity contribution in [3.8, 4) is 17.2 Å². The van der Waals surface area contributed by atoms with Crippen LogP contribution in [-0.4, -0.2) is 30.6 Å². The minimum Gasteiger partial charge on any atom is -0.492 e. The number of ether oxygens (including phenoxy) is 4. The van der Waals surface area contributed by atoms with E-state index in [1.54, 1.807) is 36.4 Å². The van der Waals surface area contributed by atoms with Gasteiger partial charge < -0.3 is 18.9 Å². The quantitative estimate of drug-likeness (QED) is 0.0555. The zero-order chi connectivity index (χ0) is 35.3. The highest BCUT2D eigenvalue weighted by atomic mass is 35.5. The van der Waals surface area contributed by atoms with Gasteiger partial charge in [-0.05, 0) is 92.9 Å². The first-order valence-electron chi connectivity index (χ1n) is 18.1. The van der Waals surface area contributed by atoms with Gasteiger partial charge in [0, 0.05) is 0 Å². The van der Waals surface area contributed by atoms with Crippen LogP contribution in [-0.2, 0) is 4.74 Å². The van der Waals surface area contributed by atoms with Gasteiger partial charge >= 0.3 is 17.9 Å². The lowest BCUT2D eigenvalue weighted by Crippen LogP contribution is -2.15. The van der Waals surface area contributed by atoms with Crippen LogP contribution >= 0.6 is 11.6 Å². The van der Waals surface area contributed by atoms with Crippen LogP contribution in [0, 0.1) is 0 Å². The number of hydrogen-bond acceptors (Lipinski definition) is 7. The van der Waals surface area contributed by atoms with Gasteiger partial charge in [0.15, 0.2) is 0 Å². The maximum atomic E-state index is 12.8. The van der Waals surface area contributed by atoms with Crippen molar-refractivity contribution in [2.24, 2.45) is 0 Å². The van der Waals surface area contributed by atoms with Crippen molar-refractivity contribution in [1.29, 1.82) is 0 Å². The van der Waals surface area contributed by atoms with E-state index in [1.807, 2.05) is 6.92 Å². The van der Waals surface area contributed by atoms with E-state index in [2.05, 4.69) is 13.8 Å². The van der Waals surface area contributed by atoms with Gasteiger partial charge in [-0.3, -0.25) is 0 Å². The molecule has 0 saturated carbocycles. The van der Waals surface area contributed by atoms with Gasteiger partial charge in [-0.25, -0.2) is 14.4 Å². The summed E-state index contributed by atoms with van der Waals surface area (Å²) in [5, 5.41) is 0.344. The molecule has 3 aromatic carbocycles. The van der Waals surface area contributed by atoms with Gasteiger partial charge in [0.1, 0.15) is 17.2 Å². The van der Waals surface area contributed by atoms with Gasteiger partial charge in [-0.1, -0.05) is 102 Å². The second-order valence-electron chi connectivity index (χ2n) is 12.6. The molecule has 0 aliphatic rings. The SMILES string of the molecule is CCCCCCCCCCCCOc1ccc(C(=O)Oc2ccc(C(=O)Oc3ccc(C(=O)OC(C)CCCCCC)cc3)cc2)cc1Cl. The van der Waals surface area contributed by atoms with Crippen LogP contribution in [0.5, 0.6) is 17.2 Å². The van der Waals surface area contributed by atoms with E-state index in [-0.39, 0.29) is 28.7 Å². The average molecular weight is 693 g/mol. The fourth-order valence-corrected chi connectivity index (χ4v) is 5.57. The number of esters is 3. The second-order valence-corrected chi connectivity index (χ2v) is 13.0. The zero-order valence-electron chi connectivity index (χ0n) is 29.5. The summed E-state index contributed by atoms with van der Waals surface area (Å²) in [6.07, 6.45) is 17.7. The van der Waals surface area contributed by atoms with Crippen molar-refractivity contribution in [2.45, 2.75) is 123 Å². The van der Waals surface area contributed by atoms with Crippen LogP contribution in [0.1, 0.15) is 148 Å². The molecule has 8 heteroatoms. The van der Waals surface area contributed by atoms with E-state index in [1.165, 1.54) is 88.1 Å². The van der Waals surface area contributed by atoms with Crippen molar-refractivity contribution in [1.82, 2.24) is 0 Å². The summed E-state index contributed by atoms with van der Waals surface area (Å²) in [5.74, 6) is -0.484. The molecule has 1 atom stereocenters. The number of carbonyl (C=O) groups is 3. The van der Waals surface area contributed by atoms with Crippen LogP contribution in [0.15, 0.2) is 66.7 Å². The lowest BCUT2D eigenvalue weighted by molar-refractivity contribution is 0.0319. The molecule has 266 valence electrons. The molecule has 0 heterocycles. The monoisotopic (exact) mass is 692 g/mol. The molecule has 3 rings (SSSR count). The summed E-state index contributed by atoms with van der Waals surface area (Å²) < 4.78 is 22.3. The summed E-state index contributed by atoms with van der Waals surface area (Å²) in [4.78, 5) is 37.9. The minimum atomic E-state index is -0.589. The van der Waals surface area contributed by atoms with Crippen molar-refractivity contribution >= 4 is 29.5 Å². The first-order chi connectivity index (χ1) is 23.8. The molecular formula is C41H53ClO7. The third-order valence-electron chi connectivity index (χ3n) is 8.30. The van der Waals surface area contributed by atoms with Crippen LogP contribution in [0.4, 0.5) is 0 Å². The Kier molecular flexibility index (Phi) is 18.4. The Morgan fingerprint density at radius 2 is 1.02 bits per heavy atom. The molecule has 49 heavy (non-hydrogen) atoms. The lowest BCUT2D eigenvalue weighted by atomic mass is 10.1. The number of carbonyl (C=O) groups excluding carboxylic acids is 3. The highest BCUT2D eigenvalue weighted by molar-refractivity contribution is 6.32. The fraction of sp³-hybridized carbons (Fsp3) is 0.488. The molecule has 0 N–H and O–H groups in total. The lowest BCUT2D eigenvalue weighted by Gasteiger charge is -2.13. The molecule has 0 aromatic heterocycles. The molecule has 0 radical (unpaired) electrons. The number of unbranched alkanes of at least 4 members (excludes halogenated alkanes) is 12. The van der Waals surface area contributed by atoms with Crippen molar-refractivity contribution < 1.29 is 33.3 Å². The van der Waals surface area contributed by atoms with Gasteiger partial charge in [0.25, 0.3) is 0 Å². The molecule has 0 aliphatic carbocycles. The molecular weight excluding hydrogens is 640 g/mol. The van der Waals surface area contributed by atoms with E-state index in [0.717, 1.165) is 38.5 Å². The first kappa shape index (κ1) is 39.6. The number of rotatable bonds is 23. The molecule has 0 fully saturated rings. The van der Waals surface area contributed by atoms with Crippen molar-refractivity contribution in [3.05, 3.63) is 88.4 Å². The van der Waals surface area contributed by atoms with Gasteiger partial charge in [0.05, 0.1) is 34.4 Å². The maximum absolute atomic E-state index is 12.8. The Hall–Kier alpha value is -3.84. The Labute approximate surface area is 297 Å². The molecule has 1 unspecified atom stereocenters. The van der Waals surface area contributed by atoms with Gasteiger partial charge in [0.2, 0.25) is 0 Å². The molecule has 0 saturated heterocycles. The Morgan fingerprint density at radius 3 is 1.55 bits per heavy atom. The third-order valence-corrected chi connectivity index (χ3v) is 8.59. The number of halogens is 1. The van der Waals surface area contributed by atoms with Crippen molar-refractivity contribution in [2.75, 3.05) is 6.61 Å². The molecule has 3 aromatic rings. The summed E-state index contributed by atoms with van der Waals surface area (Å²) in [6.45, 7) is 6.88. The van der Waals surface area contributed by atoms with E-state index in [4.69, 9.17) is 30.5 Å². The summed E-state index contributed by atoms with van der Waals surface area (Å²) >= 11 is 6.39. The van der Waals surface area contributed by atoms with Crippen LogP contribution in [0.25, 0.3) is 0 Å². The van der Waals surface area contributed by atoms with Crippen molar-refractivity contribution in [3.63, 3.8) is 0 Å². The van der Waals surface area contributed by atoms with Crippen LogP contribution in [0.3, 0.4) is 0 Å².